The molecule has 0 saturated carbocycles. The van der Waals surface area contributed by atoms with Crippen LogP contribution >= 0.6 is 0 Å². The van der Waals surface area contributed by atoms with E-state index in [1.807, 2.05) is 6.92 Å². The van der Waals surface area contributed by atoms with Gasteiger partial charge in [-0.15, -0.1) is 0 Å². The van der Waals surface area contributed by atoms with E-state index >= 15 is 0 Å². The molecule has 0 aromatic heterocycles. The molecule has 6 heteroatoms. The van der Waals surface area contributed by atoms with Crippen molar-refractivity contribution < 1.29 is 8.42 Å². The first kappa shape index (κ1) is 9.91. The molecule has 0 aromatic rings. The molecular formula is C6H15N3O2S. The summed E-state index contributed by atoms with van der Waals surface area (Å²) >= 11 is 0. The highest BCUT2D eigenvalue weighted by molar-refractivity contribution is 7.87. The van der Waals surface area contributed by atoms with Crippen molar-refractivity contribution in [3.63, 3.8) is 0 Å². The zero-order valence-electron chi connectivity index (χ0n) is 7.32. The van der Waals surface area contributed by atoms with Gasteiger partial charge in [0.1, 0.15) is 0 Å². The van der Waals surface area contributed by atoms with Gasteiger partial charge in [0.2, 0.25) is 0 Å². The monoisotopic (exact) mass is 193 g/mol. The van der Waals surface area contributed by atoms with E-state index in [4.69, 9.17) is 5.73 Å². The predicted molar refractivity (Wildman–Crippen MR) is 46.7 cm³/mol. The fourth-order valence-electron chi connectivity index (χ4n) is 1.27. The summed E-state index contributed by atoms with van der Waals surface area (Å²) < 4.78 is 26.1. The Bertz CT molecular complexity index is 242. The quantitative estimate of drug-likeness (QED) is 0.574. The fraction of sp³-hybridized carbons (Fsp3) is 1.00. The summed E-state index contributed by atoms with van der Waals surface area (Å²) in [5.41, 5.74) is 5.69. The minimum atomic E-state index is -3.26. The Kier molecular flexibility index (Phi) is 2.72. The molecule has 0 amide bonds. The van der Waals surface area contributed by atoms with Gasteiger partial charge in [-0.3, -0.25) is 0 Å². The lowest BCUT2D eigenvalue weighted by Crippen LogP contribution is -2.38. The minimum Gasteiger partial charge on any atom is -0.326 e. The number of nitrogens with zero attached hydrogens (tertiary/aromatic N) is 1. The van der Waals surface area contributed by atoms with Crippen LogP contribution in [0.1, 0.15) is 6.92 Å². The summed E-state index contributed by atoms with van der Waals surface area (Å²) in [6.45, 7) is 2.89. The molecule has 0 spiro atoms. The minimum absolute atomic E-state index is 0.0341. The Balaban J connectivity index is 2.70. The van der Waals surface area contributed by atoms with E-state index in [1.54, 1.807) is 0 Å². The van der Waals surface area contributed by atoms with E-state index in [0.717, 1.165) is 0 Å². The fourth-order valence-corrected chi connectivity index (χ4v) is 2.33. The highest BCUT2D eigenvalue weighted by atomic mass is 32.2. The SMILES string of the molecule is CNS(=O)(=O)N1C[C@H](C)[C@@H](N)C1. The molecule has 0 bridgehead atoms. The van der Waals surface area contributed by atoms with Gasteiger partial charge < -0.3 is 5.73 Å². The van der Waals surface area contributed by atoms with E-state index in [2.05, 4.69) is 4.72 Å². The lowest BCUT2D eigenvalue weighted by molar-refractivity contribution is 0.457. The molecule has 1 aliphatic heterocycles. The second kappa shape index (κ2) is 3.29. The van der Waals surface area contributed by atoms with Crippen LogP contribution in [0.25, 0.3) is 0 Å². The topological polar surface area (TPSA) is 75.4 Å². The van der Waals surface area contributed by atoms with Crippen LogP contribution in [0, 0.1) is 5.92 Å². The van der Waals surface area contributed by atoms with E-state index in [-0.39, 0.29) is 12.0 Å². The average Bonchev–Trinajstić information content (AvgIpc) is 2.33. The maximum atomic E-state index is 11.3. The second-order valence-electron chi connectivity index (χ2n) is 3.17. The highest BCUT2D eigenvalue weighted by Crippen LogP contribution is 2.16. The third-order valence-corrected chi connectivity index (χ3v) is 3.73. The number of hydrogen-bond donors (Lipinski definition) is 2. The number of hydrogen-bond acceptors (Lipinski definition) is 3. The molecule has 5 nitrogen and oxygen atoms in total. The van der Waals surface area contributed by atoms with Crippen molar-refractivity contribution in [3.8, 4) is 0 Å². The summed E-state index contributed by atoms with van der Waals surface area (Å²) in [5.74, 6) is 0.244. The maximum Gasteiger partial charge on any atom is 0.279 e. The first-order chi connectivity index (χ1) is 5.47. The van der Waals surface area contributed by atoms with Crippen molar-refractivity contribution in [3.05, 3.63) is 0 Å². The van der Waals surface area contributed by atoms with Crippen LogP contribution in [0.5, 0.6) is 0 Å². The van der Waals surface area contributed by atoms with E-state index in [9.17, 15) is 8.42 Å². The van der Waals surface area contributed by atoms with Crippen LogP contribution in [0.4, 0.5) is 0 Å². The molecule has 1 saturated heterocycles. The third kappa shape index (κ3) is 1.77. The van der Waals surface area contributed by atoms with Gasteiger partial charge in [0.05, 0.1) is 0 Å². The molecule has 72 valence electrons. The van der Waals surface area contributed by atoms with Gasteiger partial charge in [0, 0.05) is 26.2 Å². The van der Waals surface area contributed by atoms with Crippen molar-refractivity contribution >= 4 is 10.2 Å². The molecule has 2 atom stereocenters. The van der Waals surface area contributed by atoms with Gasteiger partial charge in [0.15, 0.2) is 0 Å². The van der Waals surface area contributed by atoms with Crippen LogP contribution in [-0.4, -0.2) is 38.9 Å². The molecule has 0 radical (unpaired) electrons. The van der Waals surface area contributed by atoms with Crippen LogP contribution in [0.3, 0.4) is 0 Å². The van der Waals surface area contributed by atoms with Crippen molar-refractivity contribution in [2.75, 3.05) is 20.1 Å². The molecule has 0 aromatic carbocycles. The van der Waals surface area contributed by atoms with Crippen LogP contribution in [0.2, 0.25) is 0 Å². The molecule has 1 rings (SSSR count). The van der Waals surface area contributed by atoms with E-state index in [1.165, 1.54) is 11.4 Å². The number of nitrogens with two attached hydrogens (primary N) is 1. The Morgan fingerprint density at radius 3 is 2.42 bits per heavy atom. The maximum absolute atomic E-state index is 11.3. The third-order valence-electron chi connectivity index (χ3n) is 2.23. The van der Waals surface area contributed by atoms with Crippen molar-refractivity contribution in [2.24, 2.45) is 11.7 Å². The summed E-state index contributed by atoms with van der Waals surface area (Å²) in [6.07, 6.45) is 0. The second-order valence-corrected chi connectivity index (χ2v) is 5.04. The zero-order chi connectivity index (χ0) is 9.35. The van der Waals surface area contributed by atoms with E-state index in [0.29, 0.717) is 13.1 Å². The van der Waals surface area contributed by atoms with Crippen molar-refractivity contribution in [1.29, 1.82) is 0 Å². The first-order valence-corrected chi connectivity index (χ1v) is 5.35. The molecule has 1 fully saturated rings. The molecule has 0 unspecified atom stereocenters. The van der Waals surface area contributed by atoms with Gasteiger partial charge in [-0.1, -0.05) is 6.92 Å². The summed E-state index contributed by atoms with van der Waals surface area (Å²) in [4.78, 5) is 0. The van der Waals surface area contributed by atoms with Gasteiger partial charge in [-0.25, -0.2) is 4.72 Å². The largest absolute Gasteiger partial charge is 0.326 e. The van der Waals surface area contributed by atoms with Gasteiger partial charge in [-0.05, 0) is 5.92 Å². The van der Waals surface area contributed by atoms with Crippen molar-refractivity contribution in [1.82, 2.24) is 9.03 Å². The molecule has 1 heterocycles. The summed E-state index contributed by atoms with van der Waals surface area (Å²) in [6, 6.07) is -0.0341. The molecule has 0 aliphatic carbocycles. The first-order valence-electron chi connectivity index (χ1n) is 3.91. The lowest BCUT2D eigenvalue weighted by Gasteiger charge is -2.13. The van der Waals surface area contributed by atoms with Gasteiger partial charge in [-0.2, -0.15) is 12.7 Å². The smallest absolute Gasteiger partial charge is 0.279 e. The molecule has 1 aliphatic rings. The van der Waals surface area contributed by atoms with Crippen molar-refractivity contribution in [2.45, 2.75) is 13.0 Å². The Morgan fingerprint density at radius 1 is 1.50 bits per heavy atom. The standard InChI is InChI=1S/C6H15N3O2S/c1-5-3-9(4-6(5)7)12(10,11)8-2/h5-6,8H,3-4,7H2,1-2H3/t5-,6-/m0/s1. The number of rotatable bonds is 2. The van der Waals surface area contributed by atoms with Gasteiger partial charge in [0.25, 0.3) is 10.2 Å². The molecule has 12 heavy (non-hydrogen) atoms. The van der Waals surface area contributed by atoms with Crippen LogP contribution in [-0.2, 0) is 10.2 Å². The van der Waals surface area contributed by atoms with Crippen LogP contribution < -0.4 is 10.5 Å². The van der Waals surface area contributed by atoms with Gasteiger partial charge >= 0.3 is 0 Å². The normalized spacial score (nSPS) is 32.6. The van der Waals surface area contributed by atoms with Crippen LogP contribution in [0.15, 0.2) is 0 Å². The predicted octanol–water partition coefficient (Wildman–Crippen LogP) is -1.27. The highest BCUT2D eigenvalue weighted by Gasteiger charge is 2.33. The molecule has 3 N–H and O–H groups in total. The number of nitrogens with one attached hydrogen (secondary N) is 1. The molecular weight excluding hydrogens is 178 g/mol. The summed E-state index contributed by atoms with van der Waals surface area (Å²) in [5, 5.41) is 0. The average molecular weight is 193 g/mol. The van der Waals surface area contributed by atoms with E-state index < -0.39 is 10.2 Å². The Hall–Kier alpha value is -0.170. The zero-order valence-corrected chi connectivity index (χ0v) is 8.13. The summed E-state index contributed by atoms with van der Waals surface area (Å²) in [7, 11) is -1.85. The lowest BCUT2D eigenvalue weighted by atomic mass is 10.1. The Morgan fingerprint density at radius 2 is 2.08 bits per heavy atom. The Labute approximate surface area is 73.1 Å².